The van der Waals surface area contributed by atoms with E-state index in [0.717, 1.165) is 18.4 Å². The van der Waals surface area contributed by atoms with Gasteiger partial charge in [-0.15, -0.1) is 0 Å². The molecule has 0 atom stereocenters. The van der Waals surface area contributed by atoms with Crippen molar-refractivity contribution in [2.75, 3.05) is 13.1 Å². The van der Waals surface area contributed by atoms with E-state index >= 15 is 0 Å². The molecule has 4 nitrogen and oxygen atoms in total. The molecule has 0 saturated carbocycles. The Bertz CT molecular complexity index is 612. The second-order valence-corrected chi connectivity index (χ2v) is 8.02. The van der Waals surface area contributed by atoms with Gasteiger partial charge in [0.25, 0.3) is 0 Å². The molecule has 1 fully saturated rings. The largest absolute Gasteiger partial charge is 0.243 e. The van der Waals surface area contributed by atoms with Crippen molar-refractivity contribution in [1.82, 2.24) is 4.31 Å². The fourth-order valence-electron chi connectivity index (χ4n) is 2.59. The smallest absolute Gasteiger partial charge is 0.207 e. The van der Waals surface area contributed by atoms with Crippen LogP contribution in [0.2, 0.25) is 0 Å². The quantitative estimate of drug-likeness (QED) is 0.860. The van der Waals surface area contributed by atoms with Gasteiger partial charge in [0.1, 0.15) is 0 Å². The van der Waals surface area contributed by atoms with Crippen LogP contribution in [0.5, 0.6) is 0 Å². The number of hydrogen-bond acceptors (Lipinski definition) is 3. The number of nitriles is 1. The van der Waals surface area contributed by atoms with Crippen LogP contribution in [0.1, 0.15) is 32.3 Å². The van der Waals surface area contributed by atoms with Crippen molar-refractivity contribution < 1.29 is 8.42 Å². The van der Waals surface area contributed by atoms with Crippen LogP contribution in [0.3, 0.4) is 0 Å². The van der Waals surface area contributed by atoms with Gasteiger partial charge < -0.3 is 0 Å². The lowest BCUT2D eigenvalue weighted by molar-refractivity contribution is 0.187. The summed E-state index contributed by atoms with van der Waals surface area (Å²) in [7, 11) is -3.41. The first-order valence-corrected chi connectivity index (χ1v) is 8.25. The Morgan fingerprint density at radius 2 is 1.95 bits per heavy atom. The molecule has 0 radical (unpaired) electrons. The number of benzene rings is 1. The summed E-state index contributed by atoms with van der Waals surface area (Å²) in [5, 5.41) is 8.63. The second-order valence-electron chi connectivity index (χ2n) is 6.09. The minimum absolute atomic E-state index is 0.0338. The third kappa shape index (κ3) is 3.20. The Morgan fingerprint density at radius 1 is 1.30 bits per heavy atom. The summed E-state index contributed by atoms with van der Waals surface area (Å²) in [6.45, 7) is 5.36. The van der Waals surface area contributed by atoms with E-state index in [2.05, 4.69) is 19.9 Å². The Labute approximate surface area is 121 Å². The monoisotopic (exact) mass is 292 g/mol. The zero-order valence-electron chi connectivity index (χ0n) is 12.0. The maximum atomic E-state index is 12.6. The molecule has 0 spiro atoms. The molecule has 0 amide bonds. The Morgan fingerprint density at radius 3 is 2.50 bits per heavy atom. The van der Waals surface area contributed by atoms with Gasteiger partial charge in [-0.25, -0.2) is 8.42 Å². The number of nitrogens with zero attached hydrogens (tertiary/aromatic N) is 2. The molecule has 0 aromatic heterocycles. The van der Waals surface area contributed by atoms with Crippen LogP contribution in [-0.2, 0) is 16.4 Å². The van der Waals surface area contributed by atoms with E-state index in [0.29, 0.717) is 24.4 Å². The van der Waals surface area contributed by atoms with Crippen LogP contribution < -0.4 is 0 Å². The van der Waals surface area contributed by atoms with Crippen LogP contribution in [0.4, 0.5) is 0 Å². The van der Waals surface area contributed by atoms with E-state index in [1.807, 2.05) is 0 Å². The normalized spacial score (nSPS) is 19.4. The van der Waals surface area contributed by atoms with Crippen molar-refractivity contribution in [1.29, 1.82) is 5.26 Å². The first-order valence-electron chi connectivity index (χ1n) is 6.81. The molecule has 1 heterocycles. The number of sulfonamides is 1. The van der Waals surface area contributed by atoms with Gasteiger partial charge in [0, 0.05) is 13.1 Å². The molecule has 1 aliphatic heterocycles. The summed E-state index contributed by atoms with van der Waals surface area (Å²) in [5.41, 5.74) is 0.872. The minimum Gasteiger partial charge on any atom is -0.207 e. The summed E-state index contributed by atoms with van der Waals surface area (Å²) in [6.07, 6.45) is 2.26. The molecule has 1 aromatic carbocycles. The molecular formula is C15H20N2O2S. The predicted octanol–water partition coefficient (Wildman–Crippen LogP) is 2.56. The van der Waals surface area contributed by atoms with Crippen molar-refractivity contribution in [3.8, 4) is 6.07 Å². The van der Waals surface area contributed by atoms with Crippen molar-refractivity contribution >= 4 is 10.0 Å². The fraction of sp³-hybridized carbons (Fsp3) is 0.533. The zero-order chi connectivity index (χ0) is 14.8. The summed E-state index contributed by atoms with van der Waals surface area (Å²) >= 11 is 0. The molecule has 108 valence electrons. The van der Waals surface area contributed by atoms with E-state index in [1.165, 1.54) is 0 Å². The summed E-state index contributed by atoms with van der Waals surface area (Å²) < 4.78 is 26.8. The molecule has 1 aromatic rings. The predicted molar refractivity (Wildman–Crippen MR) is 77.5 cm³/mol. The first-order chi connectivity index (χ1) is 9.35. The number of rotatable bonds is 3. The van der Waals surface area contributed by atoms with Crippen molar-refractivity contribution in [3.63, 3.8) is 0 Å². The molecule has 0 N–H and O–H groups in total. The highest BCUT2D eigenvalue weighted by Crippen LogP contribution is 2.31. The van der Waals surface area contributed by atoms with Crippen LogP contribution in [0, 0.1) is 16.7 Å². The van der Waals surface area contributed by atoms with E-state index < -0.39 is 10.0 Å². The maximum Gasteiger partial charge on any atom is 0.243 e. The first kappa shape index (κ1) is 15.0. The van der Waals surface area contributed by atoms with Gasteiger partial charge in [0.15, 0.2) is 0 Å². The van der Waals surface area contributed by atoms with Crippen LogP contribution in [-0.4, -0.2) is 25.8 Å². The lowest BCUT2D eigenvalue weighted by Gasteiger charge is -2.37. The number of piperidine rings is 1. The third-order valence-corrected chi connectivity index (χ3v) is 5.57. The Balaban J connectivity index is 2.24. The van der Waals surface area contributed by atoms with Crippen molar-refractivity contribution in [3.05, 3.63) is 29.8 Å². The average Bonchev–Trinajstić information content (AvgIpc) is 2.38. The Kier molecular flexibility index (Phi) is 4.17. The molecule has 20 heavy (non-hydrogen) atoms. The fourth-order valence-corrected chi connectivity index (χ4v) is 4.26. The van der Waals surface area contributed by atoms with Gasteiger partial charge in [0.2, 0.25) is 10.0 Å². The molecule has 2 rings (SSSR count). The van der Waals surface area contributed by atoms with E-state index in [1.54, 1.807) is 28.6 Å². The standard InChI is InChI=1S/C15H20N2O2S/c1-15(2)9-3-11-17(12-15)20(18,19)14-6-4-13(5-7-14)8-10-16/h4-7H,3,8-9,11-12H2,1-2H3. The molecule has 1 aliphatic rings. The summed E-state index contributed by atoms with van der Waals surface area (Å²) in [5.74, 6) is 0. The summed E-state index contributed by atoms with van der Waals surface area (Å²) in [4.78, 5) is 0.317. The molecule has 0 bridgehead atoms. The lowest BCUT2D eigenvalue weighted by atomic mass is 9.85. The van der Waals surface area contributed by atoms with Crippen LogP contribution >= 0.6 is 0 Å². The highest BCUT2D eigenvalue weighted by atomic mass is 32.2. The van der Waals surface area contributed by atoms with Gasteiger partial charge >= 0.3 is 0 Å². The van der Waals surface area contributed by atoms with E-state index in [9.17, 15) is 8.42 Å². The SMILES string of the molecule is CC1(C)CCCN(S(=O)(=O)c2ccc(CC#N)cc2)C1. The van der Waals surface area contributed by atoms with Crippen LogP contribution in [0.25, 0.3) is 0 Å². The molecule has 0 unspecified atom stereocenters. The summed E-state index contributed by atoms with van der Waals surface area (Å²) in [6, 6.07) is 8.69. The highest BCUT2D eigenvalue weighted by Gasteiger charge is 2.33. The maximum absolute atomic E-state index is 12.6. The van der Waals surface area contributed by atoms with Gasteiger partial charge in [-0.05, 0) is 36.0 Å². The molecular weight excluding hydrogens is 272 g/mol. The van der Waals surface area contributed by atoms with Crippen LogP contribution in [0.15, 0.2) is 29.2 Å². The second kappa shape index (κ2) is 5.55. The van der Waals surface area contributed by atoms with Crippen molar-refractivity contribution in [2.45, 2.75) is 38.0 Å². The topological polar surface area (TPSA) is 61.2 Å². The average molecular weight is 292 g/mol. The van der Waals surface area contributed by atoms with E-state index in [-0.39, 0.29) is 5.41 Å². The van der Waals surface area contributed by atoms with E-state index in [4.69, 9.17) is 5.26 Å². The van der Waals surface area contributed by atoms with Gasteiger partial charge in [-0.2, -0.15) is 9.57 Å². The minimum atomic E-state index is -3.41. The van der Waals surface area contributed by atoms with Crippen molar-refractivity contribution in [2.24, 2.45) is 5.41 Å². The highest BCUT2D eigenvalue weighted by molar-refractivity contribution is 7.89. The van der Waals surface area contributed by atoms with Gasteiger partial charge in [0.05, 0.1) is 17.4 Å². The molecule has 0 aliphatic carbocycles. The Hall–Kier alpha value is -1.38. The number of hydrogen-bond donors (Lipinski definition) is 0. The molecule has 5 heteroatoms. The van der Waals surface area contributed by atoms with Gasteiger partial charge in [-0.3, -0.25) is 0 Å². The van der Waals surface area contributed by atoms with Gasteiger partial charge in [-0.1, -0.05) is 26.0 Å². The lowest BCUT2D eigenvalue weighted by Crippen LogP contribution is -2.43. The molecule has 1 saturated heterocycles. The zero-order valence-corrected chi connectivity index (χ0v) is 12.8. The third-order valence-electron chi connectivity index (χ3n) is 3.71.